The molecule has 0 bridgehead atoms. The van der Waals surface area contributed by atoms with Gasteiger partial charge in [0.1, 0.15) is 5.75 Å². The van der Waals surface area contributed by atoms with Gasteiger partial charge in [0.25, 0.3) is 0 Å². The summed E-state index contributed by atoms with van der Waals surface area (Å²) in [5, 5.41) is 2.67. The maximum Gasteiger partial charge on any atom is 0.308 e. The average Bonchev–Trinajstić information content (AvgIpc) is 2.31. The summed E-state index contributed by atoms with van der Waals surface area (Å²) in [6.07, 6.45) is 2.09. The number of hydrogen-bond acceptors (Lipinski definition) is 4. The van der Waals surface area contributed by atoms with Crippen LogP contribution < -0.4 is 10.1 Å². The monoisotopic (exact) mass is 269 g/mol. The molecular weight excluding hydrogens is 258 g/mol. The molecule has 0 spiro atoms. The van der Waals surface area contributed by atoms with E-state index in [1.54, 1.807) is 24.3 Å². The van der Waals surface area contributed by atoms with Gasteiger partial charge in [0.15, 0.2) is 5.88 Å². The minimum absolute atomic E-state index is 0.279. The summed E-state index contributed by atoms with van der Waals surface area (Å²) < 4.78 is 9.80. The summed E-state index contributed by atoms with van der Waals surface area (Å²) in [4.78, 5) is 21.1. The zero-order valence-electron chi connectivity index (χ0n) is 9.90. The lowest BCUT2D eigenvalue weighted by Crippen LogP contribution is -2.11. The maximum atomic E-state index is 10.8. The van der Waals surface area contributed by atoms with E-state index in [1.165, 1.54) is 14.0 Å². The van der Waals surface area contributed by atoms with Crippen LogP contribution in [0.1, 0.15) is 12.5 Å². The lowest BCUT2D eigenvalue weighted by Gasteiger charge is -2.06. The molecule has 1 N–H and O–H groups in total. The predicted molar refractivity (Wildman–Crippen MR) is 66.9 cm³/mol. The molecule has 1 rings (SSSR count). The summed E-state index contributed by atoms with van der Waals surface area (Å²) >= 11 is 5.94. The Morgan fingerprint density at radius 1 is 1.44 bits per heavy atom. The van der Waals surface area contributed by atoms with Gasteiger partial charge in [-0.1, -0.05) is 17.7 Å². The first kappa shape index (κ1) is 14.1. The van der Waals surface area contributed by atoms with E-state index < -0.39 is 5.97 Å². The second kappa shape index (κ2) is 6.66. The van der Waals surface area contributed by atoms with E-state index >= 15 is 0 Å². The molecule has 18 heavy (non-hydrogen) atoms. The number of amides is 1. The van der Waals surface area contributed by atoms with Gasteiger partial charge in [0.2, 0.25) is 6.41 Å². The first-order chi connectivity index (χ1) is 8.56. The van der Waals surface area contributed by atoms with Crippen molar-refractivity contribution >= 4 is 30.1 Å². The highest BCUT2D eigenvalue weighted by Gasteiger charge is 2.05. The van der Waals surface area contributed by atoms with Crippen LogP contribution in [0.2, 0.25) is 5.02 Å². The van der Waals surface area contributed by atoms with Gasteiger partial charge in [-0.3, -0.25) is 14.9 Å². The minimum atomic E-state index is -0.444. The highest BCUT2D eigenvalue weighted by molar-refractivity contribution is 6.32. The third-order valence-corrected chi connectivity index (χ3v) is 2.22. The highest BCUT2D eigenvalue weighted by atomic mass is 35.5. The molecule has 0 aliphatic heterocycles. The molecule has 0 saturated heterocycles. The number of hydrogen-bond donors (Lipinski definition) is 1. The van der Waals surface area contributed by atoms with E-state index in [1.807, 2.05) is 0 Å². The fourth-order valence-electron chi connectivity index (χ4n) is 1.21. The second-order valence-corrected chi connectivity index (χ2v) is 3.67. The molecule has 0 aromatic heterocycles. The van der Waals surface area contributed by atoms with Crippen molar-refractivity contribution in [2.24, 2.45) is 0 Å². The molecule has 0 atom stereocenters. The topological polar surface area (TPSA) is 64.6 Å². The molecule has 0 radical (unpaired) electrons. The molecule has 1 aromatic rings. The van der Waals surface area contributed by atoms with Gasteiger partial charge in [-0.25, -0.2) is 0 Å². The van der Waals surface area contributed by atoms with Crippen LogP contribution in [0, 0.1) is 0 Å². The van der Waals surface area contributed by atoms with Crippen molar-refractivity contribution in [3.8, 4) is 5.75 Å². The molecule has 0 fully saturated rings. The van der Waals surface area contributed by atoms with E-state index in [-0.39, 0.29) is 11.6 Å². The molecule has 0 aliphatic carbocycles. The number of ether oxygens (including phenoxy) is 2. The van der Waals surface area contributed by atoms with Crippen LogP contribution >= 0.6 is 11.6 Å². The Hall–Kier alpha value is -2.01. The first-order valence-corrected chi connectivity index (χ1v) is 5.38. The van der Waals surface area contributed by atoms with Crippen LogP contribution in [0.25, 0.3) is 6.08 Å². The lowest BCUT2D eigenvalue weighted by atomic mass is 10.2. The smallest absolute Gasteiger partial charge is 0.308 e. The number of halogens is 1. The second-order valence-electron chi connectivity index (χ2n) is 3.26. The first-order valence-electron chi connectivity index (χ1n) is 5.00. The van der Waals surface area contributed by atoms with Crippen molar-refractivity contribution in [3.05, 3.63) is 34.7 Å². The van der Waals surface area contributed by atoms with Crippen molar-refractivity contribution in [1.82, 2.24) is 5.32 Å². The molecular formula is C12H12ClNO4. The average molecular weight is 270 g/mol. The summed E-state index contributed by atoms with van der Waals surface area (Å²) in [6.45, 7) is 1.29. The van der Waals surface area contributed by atoms with Gasteiger partial charge in [0, 0.05) is 13.0 Å². The minimum Gasteiger partial charge on any atom is -0.482 e. The Morgan fingerprint density at radius 3 is 2.67 bits per heavy atom. The largest absolute Gasteiger partial charge is 0.482 e. The van der Waals surface area contributed by atoms with Gasteiger partial charge < -0.3 is 9.47 Å². The molecule has 5 nitrogen and oxygen atoms in total. The van der Waals surface area contributed by atoms with Crippen LogP contribution in [-0.2, 0) is 14.3 Å². The van der Waals surface area contributed by atoms with Crippen molar-refractivity contribution in [2.45, 2.75) is 6.92 Å². The molecule has 0 aliphatic rings. The summed E-state index contributed by atoms with van der Waals surface area (Å²) in [7, 11) is 1.43. The van der Waals surface area contributed by atoms with Gasteiger partial charge in [-0.05, 0) is 17.7 Å². The van der Waals surface area contributed by atoms with Crippen LogP contribution in [0.3, 0.4) is 0 Å². The summed E-state index contributed by atoms with van der Waals surface area (Å²) in [5.41, 5.74) is 0.696. The molecule has 96 valence electrons. The Morgan fingerprint density at radius 2 is 2.17 bits per heavy atom. The molecule has 6 heteroatoms. The van der Waals surface area contributed by atoms with Gasteiger partial charge in [-0.15, -0.1) is 0 Å². The molecule has 0 saturated carbocycles. The quantitative estimate of drug-likeness (QED) is 0.384. The van der Waals surface area contributed by atoms with Crippen molar-refractivity contribution in [2.75, 3.05) is 7.11 Å². The normalized spacial score (nSPS) is 10.7. The maximum absolute atomic E-state index is 10.8. The number of benzene rings is 1. The van der Waals surface area contributed by atoms with Crippen LogP contribution in [0.5, 0.6) is 5.75 Å². The molecule has 0 unspecified atom stereocenters. The van der Waals surface area contributed by atoms with Gasteiger partial charge in [-0.2, -0.15) is 0 Å². The standard InChI is InChI=1S/C12H12ClNO4/c1-8(16)18-11-4-3-9(5-10(11)13)6-12(17-2)14-7-15/h3-7H,1-2H3,(H,14,15). The number of methoxy groups -OCH3 is 1. The van der Waals surface area contributed by atoms with Crippen LogP contribution in [0.15, 0.2) is 24.1 Å². The number of carbonyl (C=O) groups is 2. The van der Waals surface area contributed by atoms with E-state index in [0.29, 0.717) is 17.0 Å². The van der Waals surface area contributed by atoms with E-state index in [2.05, 4.69) is 5.32 Å². The van der Waals surface area contributed by atoms with Crippen molar-refractivity contribution < 1.29 is 19.1 Å². The number of nitrogens with one attached hydrogen (secondary N) is 1. The van der Waals surface area contributed by atoms with E-state index in [9.17, 15) is 9.59 Å². The fourth-order valence-corrected chi connectivity index (χ4v) is 1.44. The van der Waals surface area contributed by atoms with Crippen LogP contribution in [0.4, 0.5) is 0 Å². The van der Waals surface area contributed by atoms with E-state index in [4.69, 9.17) is 21.1 Å². The molecule has 1 aromatic carbocycles. The lowest BCUT2D eigenvalue weighted by molar-refractivity contribution is -0.131. The van der Waals surface area contributed by atoms with Crippen molar-refractivity contribution in [3.63, 3.8) is 0 Å². The zero-order valence-corrected chi connectivity index (χ0v) is 10.7. The molecule has 0 heterocycles. The van der Waals surface area contributed by atoms with Crippen molar-refractivity contribution in [1.29, 1.82) is 0 Å². The SMILES string of the molecule is COC(=Cc1ccc(OC(C)=O)c(Cl)c1)NC=O. The summed E-state index contributed by atoms with van der Waals surface area (Å²) in [5.74, 6) is 0.116. The van der Waals surface area contributed by atoms with Crippen LogP contribution in [-0.4, -0.2) is 19.5 Å². The number of rotatable bonds is 5. The Kier molecular flexibility index (Phi) is 5.20. The Labute approximate surface area is 109 Å². The summed E-state index contributed by atoms with van der Waals surface area (Å²) in [6, 6.07) is 4.82. The zero-order chi connectivity index (χ0) is 13.5. The van der Waals surface area contributed by atoms with Gasteiger partial charge >= 0.3 is 5.97 Å². The predicted octanol–water partition coefficient (Wildman–Crippen LogP) is 1.96. The fraction of sp³-hybridized carbons (Fsp3) is 0.167. The van der Waals surface area contributed by atoms with Gasteiger partial charge in [0.05, 0.1) is 12.1 Å². The molecule has 1 amide bonds. The highest BCUT2D eigenvalue weighted by Crippen LogP contribution is 2.26. The van der Waals surface area contributed by atoms with E-state index in [0.717, 1.165) is 0 Å². The third-order valence-electron chi connectivity index (χ3n) is 1.93. The Balaban J connectivity index is 2.96. The third kappa shape index (κ3) is 4.10. The number of carbonyl (C=O) groups excluding carboxylic acids is 2. The number of esters is 1. The Bertz CT molecular complexity index is 485.